The van der Waals surface area contributed by atoms with E-state index in [0.29, 0.717) is 5.56 Å². The van der Waals surface area contributed by atoms with E-state index in [1.807, 2.05) is 20.8 Å². The van der Waals surface area contributed by atoms with E-state index in [1.165, 1.54) is 24.3 Å². The second-order valence-electron chi connectivity index (χ2n) is 4.74. The molecule has 0 aliphatic heterocycles. The number of hydrogen-bond acceptors (Lipinski definition) is 2. The van der Waals surface area contributed by atoms with Gasteiger partial charge < -0.3 is 4.74 Å². The Balaban J connectivity index is 2.74. The third-order valence-corrected chi connectivity index (χ3v) is 2.03. The molecule has 0 aliphatic rings. The van der Waals surface area contributed by atoms with Crippen molar-refractivity contribution < 1.29 is 13.9 Å². The molecule has 1 rings (SSSR count). The summed E-state index contributed by atoms with van der Waals surface area (Å²) < 4.78 is 18.2. The summed E-state index contributed by atoms with van der Waals surface area (Å²) in [6.45, 7) is 7.38. The molecule has 0 N–H and O–H groups in total. The fourth-order valence-corrected chi connectivity index (χ4v) is 1.43. The summed E-state index contributed by atoms with van der Waals surface area (Å²) in [4.78, 5) is 11.9. The van der Waals surface area contributed by atoms with Gasteiger partial charge in [-0.3, -0.25) is 4.79 Å². The van der Waals surface area contributed by atoms with Gasteiger partial charge in [-0.15, -0.1) is 0 Å². The maximum absolute atomic E-state index is 12.7. The molecule has 1 aromatic carbocycles. The monoisotopic (exact) mass is 224 g/mol. The predicted molar refractivity (Wildman–Crippen MR) is 61.0 cm³/mol. The summed E-state index contributed by atoms with van der Waals surface area (Å²) in [5, 5.41) is 0. The summed E-state index contributed by atoms with van der Waals surface area (Å²) >= 11 is 0. The van der Waals surface area contributed by atoms with E-state index in [-0.39, 0.29) is 17.2 Å². The van der Waals surface area contributed by atoms with Crippen LogP contribution in [0.2, 0.25) is 0 Å². The third kappa shape index (κ3) is 3.74. The smallest absolute Gasteiger partial charge is 0.191 e. The quantitative estimate of drug-likeness (QED) is 0.737. The van der Waals surface area contributed by atoms with Gasteiger partial charge in [0.25, 0.3) is 0 Å². The molecule has 88 valence electrons. The molecule has 0 aliphatic carbocycles. The van der Waals surface area contributed by atoms with Gasteiger partial charge in [-0.05, 0) is 52.0 Å². The fourth-order valence-electron chi connectivity index (χ4n) is 1.43. The first kappa shape index (κ1) is 12.8. The SMILES string of the molecule is CC(OC(C)(C)C)C(=O)c1ccc(F)cc1. The van der Waals surface area contributed by atoms with Gasteiger partial charge in [0, 0.05) is 5.56 Å². The van der Waals surface area contributed by atoms with Crippen LogP contribution in [0.3, 0.4) is 0 Å². The molecular weight excluding hydrogens is 207 g/mol. The van der Waals surface area contributed by atoms with Crippen LogP contribution in [0.4, 0.5) is 4.39 Å². The highest BCUT2D eigenvalue weighted by Crippen LogP contribution is 2.14. The van der Waals surface area contributed by atoms with Gasteiger partial charge in [-0.1, -0.05) is 0 Å². The molecule has 3 heteroatoms. The Morgan fingerprint density at radius 1 is 1.25 bits per heavy atom. The summed E-state index contributed by atoms with van der Waals surface area (Å²) in [6, 6.07) is 5.49. The van der Waals surface area contributed by atoms with Crippen molar-refractivity contribution in [2.75, 3.05) is 0 Å². The largest absolute Gasteiger partial charge is 0.365 e. The Bertz CT molecular complexity index is 363. The van der Waals surface area contributed by atoms with Gasteiger partial charge >= 0.3 is 0 Å². The first-order valence-electron chi connectivity index (χ1n) is 5.27. The Morgan fingerprint density at radius 3 is 2.19 bits per heavy atom. The van der Waals surface area contributed by atoms with Crippen LogP contribution in [-0.2, 0) is 4.74 Å². The topological polar surface area (TPSA) is 26.3 Å². The molecule has 1 unspecified atom stereocenters. The Kier molecular flexibility index (Phi) is 3.81. The highest BCUT2D eigenvalue weighted by molar-refractivity contribution is 5.99. The summed E-state index contributed by atoms with van der Waals surface area (Å²) in [5.74, 6) is -0.476. The van der Waals surface area contributed by atoms with Gasteiger partial charge in [-0.2, -0.15) is 0 Å². The molecule has 2 nitrogen and oxygen atoms in total. The van der Waals surface area contributed by atoms with E-state index >= 15 is 0 Å². The van der Waals surface area contributed by atoms with Crippen molar-refractivity contribution in [2.24, 2.45) is 0 Å². The van der Waals surface area contributed by atoms with Crippen molar-refractivity contribution in [1.82, 2.24) is 0 Å². The van der Waals surface area contributed by atoms with Crippen LogP contribution in [0, 0.1) is 5.82 Å². The minimum Gasteiger partial charge on any atom is -0.365 e. The lowest BCUT2D eigenvalue weighted by molar-refractivity contribution is -0.0381. The minimum atomic E-state index is -0.523. The highest BCUT2D eigenvalue weighted by Gasteiger charge is 2.21. The summed E-state index contributed by atoms with van der Waals surface area (Å²) in [7, 11) is 0. The average Bonchev–Trinajstić information content (AvgIpc) is 2.15. The standard InChI is InChI=1S/C13H17FO2/c1-9(16-13(2,3)4)12(15)10-5-7-11(14)8-6-10/h5-9H,1-4H3. The lowest BCUT2D eigenvalue weighted by Gasteiger charge is -2.24. The molecule has 0 radical (unpaired) electrons. The Hall–Kier alpha value is -1.22. The van der Waals surface area contributed by atoms with Gasteiger partial charge in [0.15, 0.2) is 5.78 Å². The number of rotatable bonds is 3. The normalized spacial score (nSPS) is 13.6. The molecule has 0 saturated heterocycles. The van der Waals surface area contributed by atoms with Crippen LogP contribution in [0.5, 0.6) is 0 Å². The Labute approximate surface area is 95.4 Å². The zero-order valence-electron chi connectivity index (χ0n) is 10.1. The van der Waals surface area contributed by atoms with E-state index in [2.05, 4.69) is 0 Å². The van der Waals surface area contributed by atoms with Crippen molar-refractivity contribution in [2.45, 2.75) is 39.4 Å². The van der Waals surface area contributed by atoms with E-state index in [1.54, 1.807) is 6.92 Å². The Morgan fingerprint density at radius 2 is 1.75 bits per heavy atom. The third-order valence-electron chi connectivity index (χ3n) is 2.03. The van der Waals surface area contributed by atoms with Crippen LogP contribution in [0.15, 0.2) is 24.3 Å². The number of carbonyl (C=O) groups excluding carboxylic acids is 1. The number of ketones is 1. The number of hydrogen-bond donors (Lipinski definition) is 0. The van der Waals surface area contributed by atoms with Crippen LogP contribution >= 0.6 is 0 Å². The number of ether oxygens (including phenoxy) is 1. The summed E-state index contributed by atoms with van der Waals surface area (Å²) in [5.41, 5.74) is 0.105. The molecule has 0 amide bonds. The fraction of sp³-hybridized carbons (Fsp3) is 0.462. The van der Waals surface area contributed by atoms with Crippen LogP contribution in [0.1, 0.15) is 38.1 Å². The van der Waals surface area contributed by atoms with E-state index < -0.39 is 6.10 Å². The highest BCUT2D eigenvalue weighted by atomic mass is 19.1. The zero-order valence-corrected chi connectivity index (χ0v) is 10.1. The van der Waals surface area contributed by atoms with Gasteiger partial charge in [0.05, 0.1) is 5.60 Å². The summed E-state index contributed by atoms with van der Waals surface area (Å²) in [6.07, 6.45) is -0.523. The molecule has 0 aromatic heterocycles. The second-order valence-corrected chi connectivity index (χ2v) is 4.74. The number of carbonyl (C=O) groups is 1. The van der Waals surface area contributed by atoms with Crippen molar-refractivity contribution in [3.05, 3.63) is 35.6 Å². The van der Waals surface area contributed by atoms with E-state index in [9.17, 15) is 9.18 Å². The maximum Gasteiger partial charge on any atom is 0.191 e. The molecule has 0 spiro atoms. The molecule has 16 heavy (non-hydrogen) atoms. The lowest BCUT2D eigenvalue weighted by atomic mass is 10.1. The van der Waals surface area contributed by atoms with Crippen LogP contribution in [0.25, 0.3) is 0 Å². The molecule has 0 saturated carbocycles. The van der Waals surface area contributed by atoms with Crippen molar-refractivity contribution >= 4 is 5.78 Å². The average molecular weight is 224 g/mol. The number of halogens is 1. The van der Waals surface area contributed by atoms with Crippen LogP contribution < -0.4 is 0 Å². The van der Waals surface area contributed by atoms with Crippen molar-refractivity contribution in [1.29, 1.82) is 0 Å². The van der Waals surface area contributed by atoms with E-state index in [0.717, 1.165) is 0 Å². The van der Waals surface area contributed by atoms with Gasteiger partial charge in [0.2, 0.25) is 0 Å². The predicted octanol–water partition coefficient (Wildman–Crippen LogP) is 3.21. The van der Waals surface area contributed by atoms with Crippen LogP contribution in [-0.4, -0.2) is 17.5 Å². The molecule has 0 fully saturated rings. The molecule has 1 aromatic rings. The first-order valence-corrected chi connectivity index (χ1v) is 5.27. The molecular formula is C13H17FO2. The molecule has 0 bridgehead atoms. The van der Waals surface area contributed by atoms with Gasteiger partial charge in [0.1, 0.15) is 11.9 Å². The van der Waals surface area contributed by atoms with E-state index in [4.69, 9.17) is 4.74 Å². The maximum atomic E-state index is 12.7. The number of benzene rings is 1. The lowest BCUT2D eigenvalue weighted by Crippen LogP contribution is -2.31. The first-order chi connectivity index (χ1) is 7.29. The minimum absolute atomic E-state index is 0.130. The molecule has 0 heterocycles. The zero-order chi connectivity index (χ0) is 12.3. The van der Waals surface area contributed by atoms with Crippen molar-refractivity contribution in [3.63, 3.8) is 0 Å². The number of Topliss-reactive ketones (excluding diaryl/α,β-unsaturated/α-hetero) is 1. The second kappa shape index (κ2) is 4.74. The van der Waals surface area contributed by atoms with Crippen molar-refractivity contribution in [3.8, 4) is 0 Å². The van der Waals surface area contributed by atoms with Gasteiger partial charge in [-0.25, -0.2) is 4.39 Å². The molecule has 1 atom stereocenters.